The summed E-state index contributed by atoms with van der Waals surface area (Å²) in [7, 11) is 2.03. The van der Waals surface area contributed by atoms with Crippen LogP contribution in [0.5, 0.6) is 0 Å². The molecule has 0 aliphatic carbocycles. The average Bonchev–Trinajstić information content (AvgIpc) is 2.41. The number of nitrogens with two attached hydrogens (primary N) is 1. The maximum Gasteiger partial charge on any atom is 0.131 e. The Bertz CT molecular complexity index is 552. The van der Waals surface area contributed by atoms with E-state index in [0.717, 1.165) is 28.5 Å². The number of aromatic nitrogens is 1. The molecular weight excluding hydrogens is 258 g/mol. The highest BCUT2D eigenvalue weighted by Gasteiger charge is 2.07. The van der Waals surface area contributed by atoms with Crippen LogP contribution in [0.4, 0.5) is 5.82 Å². The lowest BCUT2D eigenvalue weighted by Crippen LogP contribution is -2.19. The molecule has 0 radical (unpaired) electrons. The van der Waals surface area contributed by atoms with Gasteiger partial charge >= 0.3 is 0 Å². The highest BCUT2D eigenvalue weighted by atomic mass is 35.5. The Kier molecular flexibility index (Phi) is 4.40. The third-order valence-electron chi connectivity index (χ3n) is 3.04. The van der Waals surface area contributed by atoms with Crippen LogP contribution in [0.15, 0.2) is 36.5 Å². The van der Waals surface area contributed by atoms with E-state index < -0.39 is 0 Å². The van der Waals surface area contributed by atoms with Crippen LogP contribution in [-0.4, -0.2) is 12.0 Å². The zero-order valence-electron chi connectivity index (χ0n) is 11.2. The molecule has 4 heteroatoms. The van der Waals surface area contributed by atoms with Gasteiger partial charge in [0.1, 0.15) is 5.82 Å². The first-order valence-corrected chi connectivity index (χ1v) is 6.59. The molecule has 0 spiro atoms. The van der Waals surface area contributed by atoms with Crippen LogP contribution < -0.4 is 10.6 Å². The summed E-state index contributed by atoms with van der Waals surface area (Å²) in [5, 5.41) is 0.757. The van der Waals surface area contributed by atoms with Gasteiger partial charge in [-0.2, -0.15) is 0 Å². The highest BCUT2D eigenvalue weighted by Crippen LogP contribution is 2.19. The van der Waals surface area contributed by atoms with Crippen LogP contribution in [0, 0.1) is 6.92 Å². The monoisotopic (exact) mass is 275 g/mol. The van der Waals surface area contributed by atoms with Crippen LogP contribution in [0.1, 0.15) is 16.7 Å². The molecule has 0 atom stereocenters. The summed E-state index contributed by atoms with van der Waals surface area (Å²) in [5.74, 6) is 0.979. The standard InChI is InChI=1S/C15H18ClN3/c1-11-7-13(8-17)9-18-15(11)19(2)10-12-3-5-14(16)6-4-12/h3-7,9H,8,10,17H2,1-2H3. The van der Waals surface area contributed by atoms with Crippen molar-refractivity contribution in [2.45, 2.75) is 20.0 Å². The van der Waals surface area contributed by atoms with Gasteiger partial charge in [0.15, 0.2) is 0 Å². The molecule has 3 nitrogen and oxygen atoms in total. The quantitative estimate of drug-likeness (QED) is 0.932. The van der Waals surface area contributed by atoms with Crippen LogP contribution in [0.2, 0.25) is 5.02 Å². The predicted octanol–water partition coefficient (Wildman–Crippen LogP) is 3.14. The normalized spacial score (nSPS) is 10.5. The van der Waals surface area contributed by atoms with Crippen molar-refractivity contribution in [3.8, 4) is 0 Å². The lowest BCUT2D eigenvalue weighted by Gasteiger charge is -2.20. The van der Waals surface area contributed by atoms with E-state index in [1.165, 1.54) is 5.56 Å². The van der Waals surface area contributed by atoms with Gasteiger partial charge in [-0.1, -0.05) is 23.7 Å². The predicted molar refractivity (Wildman–Crippen MR) is 80.4 cm³/mol. The highest BCUT2D eigenvalue weighted by molar-refractivity contribution is 6.30. The van der Waals surface area contributed by atoms with E-state index in [9.17, 15) is 0 Å². The number of rotatable bonds is 4. The lowest BCUT2D eigenvalue weighted by atomic mass is 10.1. The Morgan fingerprint density at radius 3 is 2.47 bits per heavy atom. The Hall–Kier alpha value is -1.58. The van der Waals surface area contributed by atoms with Crippen molar-refractivity contribution in [1.29, 1.82) is 0 Å². The molecule has 19 heavy (non-hydrogen) atoms. The first kappa shape index (κ1) is 13.8. The van der Waals surface area contributed by atoms with Crippen molar-refractivity contribution < 1.29 is 0 Å². The first-order valence-electron chi connectivity index (χ1n) is 6.21. The Labute approximate surface area is 119 Å². The van der Waals surface area contributed by atoms with Gasteiger partial charge in [0.25, 0.3) is 0 Å². The second-order valence-corrected chi connectivity index (χ2v) is 5.11. The van der Waals surface area contributed by atoms with Crippen molar-refractivity contribution in [2.75, 3.05) is 11.9 Å². The molecule has 2 aromatic rings. The molecule has 1 aromatic carbocycles. The van der Waals surface area contributed by atoms with E-state index in [2.05, 4.69) is 22.9 Å². The minimum Gasteiger partial charge on any atom is -0.355 e. The molecule has 2 rings (SSSR count). The van der Waals surface area contributed by atoms with E-state index in [4.69, 9.17) is 17.3 Å². The van der Waals surface area contributed by atoms with Gasteiger partial charge in [0.2, 0.25) is 0 Å². The zero-order chi connectivity index (χ0) is 13.8. The Morgan fingerprint density at radius 1 is 1.21 bits per heavy atom. The SMILES string of the molecule is Cc1cc(CN)cnc1N(C)Cc1ccc(Cl)cc1. The van der Waals surface area contributed by atoms with Gasteiger partial charge in [-0.05, 0) is 41.8 Å². The summed E-state index contributed by atoms with van der Waals surface area (Å²) in [6, 6.07) is 9.95. The molecule has 0 unspecified atom stereocenters. The minimum absolute atomic E-state index is 0.523. The summed E-state index contributed by atoms with van der Waals surface area (Å²) in [5.41, 5.74) is 9.02. The van der Waals surface area contributed by atoms with Crippen LogP contribution in [0.3, 0.4) is 0 Å². The van der Waals surface area contributed by atoms with Gasteiger partial charge < -0.3 is 10.6 Å². The summed E-state index contributed by atoms with van der Waals surface area (Å²) in [6.45, 7) is 3.38. The number of pyridine rings is 1. The van der Waals surface area contributed by atoms with E-state index >= 15 is 0 Å². The minimum atomic E-state index is 0.523. The number of nitrogens with zero attached hydrogens (tertiary/aromatic N) is 2. The van der Waals surface area contributed by atoms with E-state index in [1.54, 1.807) is 0 Å². The number of hydrogen-bond donors (Lipinski definition) is 1. The molecule has 0 amide bonds. The second-order valence-electron chi connectivity index (χ2n) is 4.67. The number of aryl methyl sites for hydroxylation is 1. The number of halogens is 1. The molecule has 0 aliphatic rings. The third-order valence-corrected chi connectivity index (χ3v) is 3.29. The molecule has 100 valence electrons. The van der Waals surface area contributed by atoms with Crippen LogP contribution in [-0.2, 0) is 13.1 Å². The maximum atomic E-state index is 5.89. The smallest absolute Gasteiger partial charge is 0.131 e. The van der Waals surface area contributed by atoms with Crippen molar-refractivity contribution in [2.24, 2.45) is 5.73 Å². The molecule has 0 fully saturated rings. The molecule has 1 aromatic heterocycles. The zero-order valence-corrected chi connectivity index (χ0v) is 12.0. The largest absolute Gasteiger partial charge is 0.355 e. The van der Waals surface area contributed by atoms with Gasteiger partial charge in [0.05, 0.1) is 0 Å². The van der Waals surface area contributed by atoms with Gasteiger partial charge in [-0.15, -0.1) is 0 Å². The summed E-state index contributed by atoms with van der Waals surface area (Å²) >= 11 is 5.89. The van der Waals surface area contributed by atoms with Crippen LogP contribution in [0.25, 0.3) is 0 Å². The Morgan fingerprint density at radius 2 is 1.89 bits per heavy atom. The van der Waals surface area contributed by atoms with Crippen molar-refractivity contribution in [3.63, 3.8) is 0 Å². The van der Waals surface area contributed by atoms with Crippen LogP contribution >= 0.6 is 11.6 Å². The fourth-order valence-electron chi connectivity index (χ4n) is 2.08. The van der Waals surface area contributed by atoms with Gasteiger partial charge in [-0.25, -0.2) is 4.98 Å². The number of benzene rings is 1. The first-order chi connectivity index (χ1) is 9.10. The topological polar surface area (TPSA) is 42.1 Å². The summed E-state index contributed by atoms with van der Waals surface area (Å²) < 4.78 is 0. The Balaban J connectivity index is 2.15. The molecule has 0 saturated heterocycles. The van der Waals surface area contributed by atoms with Crippen molar-refractivity contribution >= 4 is 17.4 Å². The van der Waals surface area contributed by atoms with Gasteiger partial charge in [-0.3, -0.25) is 0 Å². The van der Waals surface area contributed by atoms with Gasteiger partial charge in [0, 0.05) is 31.4 Å². The van der Waals surface area contributed by atoms with Crippen molar-refractivity contribution in [1.82, 2.24) is 4.98 Å². The lowest BCUT2D eigenvalue weighted by molar-refractivity contribution is 0.885. The van der Waals surface area contributed by atoms with E-state index in [0.29, 0.717) is 6.54 Å². The van der Waals surface area contributed by atoms with E-state index in [-0.39, 0.29) is 0 Å². The molecule has 0 saturated carbocycles. The fraction of sp³-hybridized carbons (Fsp3) is 0.267. The molecule has 0 bridgehead atoms. The molecule has 2 N–H and O–H groups in total. The molecular formula is C15H18ClN3. The van der Waals surface area contributed by atoms with E-state index in [1.807, 2.05) is 37.5 Å². The summed E-state index contributed by atoms with van der Waals surface area (Å²) in [6.07, 6.45) is 1.83. The number of hydrogen-bond acceptors (Lipinski definition) is 3. The molecule has 0 aliphatic heterocycles. The second kappa shape index (κ2) is 6.04. The maximum absolute atomic E-state index is 5.89. The third kappa shape index (κ3) is 3.46. The molecule has 1 heterocycles. The number of anilines is 1. The fourth-order valence-corrected chi connectivity index (χ4v) is 2.20. The van der Waals surface area contributed by atoms with Crippen molar-refractivity contribution in [3.05, 3.63) is 58.2 Å². The average molecular weight is 276 g/mol. The summed E-state index contributed by atoms with van der Waals surface area (Å²) in [4.78, 5) is 6.61.